The van der Waals surface area contributed by atoms with Gasteiger partial charge in [0.2, 0.25) is 0 Å². The Balaban J connectivity index is 1.48. The third-order valence-corrected chi connectivity index (χ3v) is 5.79. The Hall–Kier alpha value is -1.14. The number of hydrogen-bond acceptors (Lipinski definition) is 6. The summed E-state index contributed by atoms with van der Waals surface area (Å²) < 4.78 is 20.6. The fourth-order valence-electron chi connectivity index (χ4n) is 3.58. The van der Waals surface area contributed by atoms with Crippen molar-refractivity contribution in [1.82, 2.24) is 0 Å². The van der Waals surface area contributed by atoms with Crippen LogP contribution in [0.5, 0.6) is 0 Å². The van der Waals surface area contributed by atoms with Crippen molar-refractivity contribution in [3.63, 3.8) is 0 Å². The van der Waals surface area contributed by atoms with Crippen molar-refractivity contribution in [2.45, 2.75) is 109 Å². The van der Waals surface area contributed by atoms with Gasteiger partial charge in [-0.2, -0.15) is 0 Å². The zero-order valence-electron chi connectivity index (χ0n) is 18.9. The predicted molar refractivity (Wildman–Crippen MR) is 115 cm³/mol. The first-order valence-corrected chi connectivity index (χ1v) is 12.3. The van der Waals surface area contributed by atoms with Crippen LogP contribution in [0.4, 0.5) is 0 Å². The summed E-state index contributed by atoms with van der Waals surface area (Å²) >= 11 is 0. The van der Waals surface area contributed by atoms with E-state index in [0.717, 1.165) is 19.3 Å². The zero-order chi connectivity index (χ0) is 21.4. The van der Waals surface area contributed by atoms with E-state index in [-0.39, 0.29) is 25.4 Å². The molecule has 0 amide bonds. The van der Waals surface area contributed by atoms with Crippen LogP contribution in [0.3, 0.4) is 0 Å². The van der Waals surface area contributed by atoms with Crippen LogP contribution in [0.15, 0.2) is 0 Å². The number of carbonyl (C=O) groups excluding carboxylic acids is 2. The van der Waals surface area contributed by atoms with Crippen LogP contribution in [-0.2, 0) is 28.5 Å². The number of unbranched alkanes of at least 4 members (excludes halogenated alkanes) is 12. The number of esters is 2. The number of hydrogen-bond donors (Lipinski definition) is 0. The van der Waals surface area contributed by atoms with Crippen molar-refractivity contribution in [2.24, 2.45) is 5.92 Å². The molecule has 174 valence electrons. The maximum absolute atomic E-state index is 12.3. The molecule has 2 aliphatic rings. The highest BCUT2D eigenvalue weighted by Crippen LogP contribution is 2.19. The van der Waals surface area contributed by atoms with Crippen molar-refractivity contribution in [2.75, 3.05) is 26.4 Å². The van der Waals surface area contributed by atoms with Crippen LogP contribution >= 0.6 is 0 Å². The molecule has 0 saturated carbocycles. The maximum Gasteiger partial charge on any atom is 0.320 e. The minimum atomic E-state index is -0.824. The molecule has 30 heavy (non-hydrogen) atoms. The molecule has 0 aromatic rings. The summed E-state index contributed by atoms with van der Waals surface area (Å²) in [6.07, 6.45) is 16.9. The van der Waals surface area contributed by atoms with Crippen molar-refractivity contribution in [3.05, 3.63) is 0 Å². The lowest BCUT2D eigenvalue weighted by molar-refractivity contribution is -0.163. The van der Waals surface area contributed by atoms with E-state index < -0.39 is 17.9 Å². The summed E-state index contributed by atoms with van der Waals surface area (Å²) in [5, 5.41) is 0. The van der Waals surface area contributed by atoms with E-state index in [4.69, 9.17) is 18.9 Å². The van der Waals surface area contributed by atoms with E-state index in [2.05, 4.69) is 6.92 Å². The normalized spacial score (nSPS) is 20.6. The molecule has 0 spiro atoms. The van der Waals surface area contributed by atoms with E-state index in [0.29, 0.717) is 19.6 Å². The first-order valence-electron chi connectivity index (χ1n) is 12.3. The Morgan fingerprint density at radius 3 is 1.43 bits per heavy atom. The van der Waals surface area contributed by atoms with Gasteiger partial charge in [-0.15, -0.1) is 0 Å². The van der Waals surface area contributed by atoms with Gasteiger partial charge in [-0.3, -0.25) is 9.59 Å². The molecule has 0 radical (unpaired) electrons. The Bertz CT molecular complexity index is 444. The predicted octanol–water partition coefficient (Wildman–Crippen LogP) is 4.97. The van der Waals surface area contributed by atoms with Crippen LogP contribution in [0.25, 0.3) is 0 Å². The van der Waals surface area contributed by atoms with Crippen LogP contribution in [0, 0.1) is 5.92 Å². The van der Waals surface area contributed by atoms with Crippen LogP contribution in [0.2, 0.25) is 0 Å². The number of rotatable bonds is 20. The molecule has 0 aromatic heterocycles. The molecule has 2 saturated heterocycles. The number of ether oxygens (including phenoxy) is 4. The van der Waals surface area contributed by atoms with E-state index in [1.54, 1.807) is 0 Å². The summed E-state index contributed by atoms with van der Waals surface area (Å²) in [5.41, 5.74) is 0. The van der Waals surface area contributed by atoms with Crippen LogP contribution < -0.4 is 0 Å². The SMILES string of the molecule is CCCCCCCCCCCCCCCC(C(=O)OCC1CO1)C(=O)OCC1CO1. The molecule has 2 heterocycles. The molecule has 2 unspecified atom stereocenters. The third-order valence-electron chi connectivity index (χ3n) is 5.79. The highest BCUT2D eigenvalue weighted by Gasteiger charge is 2.33. The lowest BCUT2D eigenvalue weighted by atomic mass is 9.99. The van der Waals surface area contributed by atoms with Crippen LogP contribution in [0.1, 0.15) is 96.8 Å². The Morgan fingerprint density at radius 2 is 1.07 bits per heavy atom. The molecule has 0 aliphatic carbocycles. The van der Waals surface area contributed by atoms with Gasteiger partial charge in [0.1, 0.15) is 25.4 Å². The lowest BCUT2D eigenvalue weighted by Gasteiger charge is -2.14. The average Bonchev–Trinajstić information content (AvgIpc) is 3.65. The minimum Gasteiger partial charge on any atom is -0.462 e. The fraction of sp³-hybridized carbons (Fsp3) is 0.917. The van der Waals surface area contributed by atoms with Crippen LogP contribution in [-0.4, -0.2) is 50.6 Å². The smallest absolute Gasteiger partial charge is 0.320 e. The summed E-state index contributed by atoms with van der Waals surface area (Å²) in [6.45, 7) is 3.97. The second-order valence-corrected chi connectivity index (χ2v) is 8.75. The topological polar surface area (TPSA) is 77.7 Å². The first-order chi connectivity index (χ1) is 14.7. The summed E-state index contributed by atoms with van der Waals surface area (Å²) in [7, 11) is 0. The van der Waals surface area contributed by atoms with Crippen molar-refractivity contribution < 1.29 is 28.5 Å². The van der Waals surface area contributed by atoms with E-state index in [1.165, 1.54) is 64.2 Å². The second-order valence-electron chi connectivity index (χ2n) is 8.75. The first kappa shape index (κ1) is 25.1. The van der Waals surface area contributed by atoms with E-state index >= 15 is 0 Å². The molecule has 2 rings (SSSR count). The van der Waals surface area contributed by atoms with Gasteiger partial charge < -0.3 is 18.9 Å². The van der Waals surface area contributed by atoms with E-state index in [9.17, 15) is 9.59 Å². The lowest BCUT2D eigenvalue weighted by Crippen LogP contribution is -2.30. The monoisotopic (exact) mass is 426 g/mol. The van der Waals surface area contributed by atoms with Gasteiger partial charge in [0.25, 0.3) is 0 Å². The van der Waals surface area contributed by atoms with Gasteiger partial charge in [0, 0.05) is 0 Å². The molecule has 2 atom stereocenters. The molecule has 6 heteroatoms. The fourth-order valence-corrected chi connectivity index (χ4v) is 3.58. The van der Waals surface area contributed by atoms with Gasteiger partial charge in [-0.05, 0) is 6.42 Å². The highest BCUT2D eigenvalue weighted by atomic mass is 16.6. The Kier molecular flexibility index (Phi) is 13.1. The van der Waals surface area contributed by atoms with Gasteiger partial charge in [0.05, 0.1) is 13.2 Å². The molecule has 0 aromatic carbocycles. The van der Waals surface area contributed by atoms with Gasteiger partial charge >= 0.3 is 11.9 Å². The molecular weight excluding hydrogens is 384 g/mol. The van der Waals surface area contributed by atoms with Gasteiger partial charge in [0.15, 0.2) is 5.92 Å². The summed E-state index contributed by atoms with van der Waals surface area (Å²) in [4.78, 5) is 24.6. The Labute approximate surface area is 182 Å². The van der Waals surface area contributed by atoms with Crippen molar-refractivity contribution >= 4 is 11.9 Å². The van der Waals surface area contributed by atoms with Crippen molar-refractivity contribution in [1.29, 1.82) is 0 Å². The minimum absolute atomic E-state index is 0.00169. The molecule has 0 N–H and O–H groups in total. The quantitative estimate of drug-likeness (QED) is 0.118. The van der Waals surface area contributed by atoms with E-state index in [1.807, 2.05) is 0 Å². The average molecular weight is 427 g/mol. The standard InChI is InChI=1S/C24H42O6/c1-2-3-4-5-6-7-8-9-10-11-12-13-14-15-22(23(25)29-18-20-16-27-20)24(26)30-19-21-17-28-21/h20-22H,2-19H2,1H3. The number of carbonyl (C=O) groups is 2. The summed E-state index contributed by atoms with van der Waals surface area (Å²) in [5.74, 6) is -1.78. The second kappa shape index (κ2) is 15.6. The zero-order valence-corrected chi connectivity index (χ0v) is 18.9. The highest BCUT2D eigenvalue weighted by molar-refractivity contribution is 5.94. The molecule has 6 nitrogen and oxygen atoms in total. The molecular formula is C24H42O6. The molecule has 2 aliphatic heterocycles. The van der Waals surface area contributed by atoms with Crippen molar-refractivity contribution in [3.8, 4) is 0 Å². The summed E-state index contributed by atoms with van der Waals surface area (Å²) in [6, 6.07) is 0. The largest absolute Gasteiger partial charge is 0.462 e. The number of epoxide rings is 2. The molecule has 2 fully saturated rings. The van der Waals surface area contributed by atoms with Gasteiger partial charge in [-0.1, -0.05) is 90.4 Å². The molecule has 0 bridgehead atoms. The Morgan fingerprint density at radius 1 is 0.700 bits per heavy atom. The van der Waals surface area contributed by atoms with Gasteiger partial charge in [-0.25, -0.2) is 0 Å². The maximum atomic E-state index is 12.3. The third kappa shape index (κ3) is 12.5.